The minimum absolute atomic E-state index is 0.146. The summed E-state index contributed by atoms with van der Waals surface area (Å²) in [7, 11) is 3.10. The molecular weight excluding hydrogens is 380 g/mol. The van der Waals surface area contributed by atoms with E-state index in [2.05, 4.69) is 10.2 Å². The van der Waals surface area contributed by atoms with Gasteiger partial charge in [-0.3, -0.25) is 9.69 Å². The molecule has 2 N–H and O–H groups in total. The van der Waals surface area contributed by atoms with Crippen LogP contribution in [-0.2, 0) is 0 Å². The Morgan fingerprint density at radius 3 is 2.27 bits per heavy atom. The highest BCUT2D eigenvalue weighted by Crippen LogP contribution is 2.43. The van der Waals surface area contributed by atoms with Gasteiger partial charge < -0.3 is 19.9 Å². The zero-order chi connectivity index (χ0) is 21.3. The highest BCUT2D eigenvalue weighted by molar-refractivity contribution is 5.97. The van der Waals surface area contributed by atoms with Crippen molar-refractivity contribution in [3.05, 3.63) is 23.3 Å². The smallest absolute Gasteiger partial charge is 0.255 e. The lowest BCUT2D eigenvalue weighted by Gasteiger charge is -2.47. The molecule has 6 nitrogen and oxygen atoms in total. The number of fused-ring (bicyclic) bond motifs is 2. The Bertz CT molecular complexity index is 744. The number of carbonyl (C=O) groups excluding carboxylic acids is 1. The van der Waals surface area contributed by atoms with Crippen LogP contribution in [0.3, 0.4) is 0 Å². The van der Waals surface area contributed by atoms with Crippen LogP contribution in [0.5, 0.6) is 11.5 Å². The molecule has 3 aliphatic rings. The predicted octanol–water partition coefficient (Wildman–Crippen LogP) is 3.53. The topological polar surface area (TPSA) is 71.0 Å². The minimum atomic E-state index is -0.731. The van der Waals surface area contributed by atoms with Gasteiger partial charge in [-0.15, -0.1) is 0 Å². The molecule has 1 aromatic rings. The lowest BCUT2D eigenvalue weighted by atomic mass is 9.68. The number of carbonyl (C=O) groups is 1. The molecule has 30 heavy (non-hydrogen) atoms. The molecule has 4 rings (SSSR count). The van der Waals surface area contributed by atoms with Gasteiger partial charge in [0, 0.05) is 36.8 Å². The number of methoxy groups -OCH3 is 2. The zero-order valence-electron chi connectivity index (χ0n) is 18.5. The van der Waals surface area contributed by atoms with Crippen LogP contribution in [0.2, 0.25) is 0 Å². The van der Waals surface area contributed by atoms with E-state index in [1.54, 1.807) is 33.3 Å². The number of aliphatic hydroxyl groups is 1. The maximum absolute atomic E-state index is 13.1. The third-order valence-electron chi connectivity index (χ3n) is 7.49. The van der Waals surface area contributed by atoms with Crippen molar-refractivity contribution in [2.75, 3.05) is 27.3 Å². The number of hydrogen-bond donors (Lipinski definition) is 2. The number of nitrogens with zero attached hydrogens (tertiary/aromatic N) is 1. The van der Waals surface area contributed by atoms with Crippen LogP contribution in [-0.4, -0.2) is 55.3 Å². The standard InChI is InChI=1S/C24H36N2O4/c1-15(27)19-12-20(22(30-3)13-21(19)29-2)24(28)25-18-10-11-26(14-18)23-16-6-4-7-17(23)9-5-8-16/h12-13,15-18,23,27H,4-11,14H2,1-3H3,(H,25,28)/t15-,16?,17?,18?,23?/m0/s1. The summed E-state index contributed by atoms with van der Waals surface area (Å²) in [6, 6.07) is 4.24. The van der Waals surface area contributed by atoms with E-state index in [0.29, 0.717) is 28.7 Å². The molecule has 1 unspecified atom stereocenters. The van der Waals surface area contributed by atoms with Crippen molar-refractivity contribution in [3.8, 4) is 11.5 Å². The first-order chi connectivity index (χ1) is 14.5. The van der Waals surface area contributed by atoms with E-state index < -0.39 is 6.10 Å². The van der Waals surface area contributed by atoms with Crippen LogP contribution in [0.15, 0.2) is 12.1 Å². The Labute approximate surface area is 179 Å². The Hall–Kier alpha value is -1.79. The Kier molecular flexibility index (Phi) is 6.54. The summed E-state index contributed by atoms with van der Waals surface area (Å²) >= 11 is 0. The van der Waals surface area contributed by atoms with Crippen LogP contribution < -0.4 is 14.8 Å². The van der Waals surface area contributed by atoms with Gasteiger partial charge in [0.1, 0.15) is 11.5 Å². The molecule has 1 heterocycles. The molecule has 6 heteroatoms. The van der Waals surface area contributed by atoms with Crippen molar-refractivity contribution in [2.24, 2.45) is 11.8 Å². The molecule has 166 valence electrons. The average molecular weight is 417 g/mol. The third-order valence-corrected chi connectivity index (χ3v) is 7.49. The lowest BCUT2D eigenvalue weighted by Crippen LogP contribution is -2.50. The van der Waals surface area contributed by atoms with Crippen molar-refractivity contribution in [3.63, 3.8) is 0 Å². The van der Waals surface area contributed by atoms with Crippen LogP contribution in [0, 0.1) is 11.8 Å². The van der Waals surface area contributed by atoms with Gasteiger partial charge >= 0.3 is 0 Å². The first kappa shape index (κ1) is 21.4. The molecule has 1 aliphatic heterocycles. The number of likely N-dealkylation sites (tertiary alicyclic amines) is 1. The van der Waals surface area contributed by atoms with E-state index in [9.17, 15) is 9.90 Å². The van der Waals surface area contributed by atoms with E-state index in [0.717, 1.165) is 31.3 Å². The Balaban J connectivity index is 1.45. The lowest BCUT2D eigenvalue weighted by molar-refractivity contribution is 0.0346. The van der Waals surface area contributed by atoms with Gasteiger partial charge in [0.05, 0.1) is 25.9 Å². The first-order valence-corrected chi connectivity index (χ1v) is 11.5. The van der Waals surface area contributed by atoms with Crippen molar-refractivity contribution < 1.29 is 19.4 Å². The number of hydrogen-bond acceptors (Lipinski definition) is 5. The van der Waals surface area contributed by atoms with Crippen molar-refractivity contribution in [1.29, 1.82) is 0 Å². The Morgan fingerprint density at radius 1 is 1.07 bits per heavy atom. The first-order valence-electron chi connectivity index (χ1n) is 11.5. The summed E-state index contributed by atoms with van der Waals surface area (Å²) in [5, 5.41) is 13.3. The zero-order valence-corrected chi connectivity index (χ0v) is 18.5. The van der Waals surface area contributed by atoms with Crippen molar-refractivity contribution in [2.45, 2.75) is 70.1 Å². The van der Waals surface area contributed by atoms with Crippen LogP contribution in [0.4, 0.5) is 0 Å². The molecule has 2 aliphatic carbocycles. The molecule has 0 aromatic heterocycles. The summed E-state index contributed by atoms with van der Waals surface area (Å²) in [5.41, 5.74) is 1.04. The van der Waals surface area contributed by atoms with Crippen molar-refractivity contribution >= 4 is 5.91 Å². The monoisotopic (exact) mass is 416 g/mol. The van der Waals surface area contributed by atoms with Gasteiger partial charge in [0.15, 0.2) is 0 Å². The molecule has 1 aromatic carbocycles. The second-order valence-electron chi connectivity index (χ2n) is 9.30. The quantitative estimate of drug-likeness (QED) is 0.742. The molecule has 1 saturated heterocycles. The molecule has 0 radical (unpaired) electrons. The van der Waals surface area contributed by atoms with E-state index in [4.69, 9.17) is 9.47 Å². The van der Waals surface area contributed by atoms with E-state index in [1.807, 2.05) is 0 Å². The molecular formula is C24H36N2O4. The fraction of sp³-hybridized carbons (Fsp3) is 0.708. The largest absolute Gasteiger partial charge is 0.496 e. The van der Waals surface area contributed by atoms with Gasteiger partial charge in [-0.05, 0) is 56.9 Å². The fourth-order valence-electron chi connectivity index (χ4n) is 6.10. The fourth-order valence-corrected chi connectivity index (χ4v) is 6.10. The number of amides is 1. The van der Waals surface area contributed by atoms with Crippen LogP contribution in [0.1, 0.15) is 73.9 Å². The highest BCUT2D eigenvalue weighted by atomic mass is 16.5. The van der Waals surface area contributed by atoms with Crippen LogP contribution >= 0.6 is 0 Å². The van der Waals surface area contributed by atoms with Crippen LogP contribution in [0.25, 0.3) is 0 Å². The molecule has 3 fully saturated rings. The van der Waals surface area contributed by atoms with Gasteiger partial charge in [-0.1, -0.05) is 12.8 Å². The summed E-state index contributed by atoms with van der Waals surface area (Å²) in [6.45, 7) is 3.67. The number of nitrogens with one attached hydrogen (secondary N) is 1. The van der Waals surface area contributed by atoms with E-state index in [1.165, 1.54) is 38.5 Å². The van der Waals surface area contributed by atoms with E-state index in [-0.39, 0.29) is 11.9 Å². The van der Waals surface area contributed by atoms with Gasteiger partial charge in [-0.25, -0.2) is 0 Å². The number of benzene rings is 1. The summed E-state index contributed by atoms with van der Waals surface area (Å²) < 4.78 is 10.8. The summed E-state index contributed by atoms with van der Waals surface area (Å²) in [5.74, 6) is 2.54. The molecule has 2 saturated carbocycles. The molecule has 1 amide bonds. The molecule has 0 spiro atoms. The molecule has 2 bridgehead atoms. The van der Waals surface area contributed by atoms with Gasteiger partial charge in [-0.2, -0.15) is 0 Å². The van der Waals surface area contributed by atoms with Gasteiger partial charge in [0.25, 0.3) is 5.91 Å². The second-order valence-corrected chi connectivity index (χ2v) is 9.30. The number of ether oxygens (including phenoxy) is 2. The summed E-state index contributed by atoms with van der Waals surface area (Å²) in [4.78, 5) is 15.8. The third kappa shape index (κ3) is 4.17. The average Bonchev–Trinajstić information content (AvgIpc) is 3.20. The maximum atomic E-state index is 13.1. The highest BCUT2D eigenvalue weighted by Gasteiger charge is 2.42. The van der Waals surface area contributed by atoms with Gasteiger partial charge in [0.2, 0.25) is 0 Å². The maximum Gasteiger partial charge on any atom is 0.255 e. The summed E-state index contributed by atoms with van der Waals surface area (Å²) in [6.07, 6.45) is 8.54. The minimum Gasteiger partial charge on any atom is -0.496 e. The SMILES string of the molecule is COc1cc(OC)c([C@H](C)O)cc1C(=O)NC1CCN(C2C3CCCC2CCC3)C1. The normalized spacial score (nSPS) is 30.0. The predicted molar refractivity (Wildman–Crippen MR) is 116 cm³/mol. The van der Waals surface area contributed by atoms with Crippen molar-refractivity contribution in [1.82, 2.24) is 10.2 Å². The Morgan fingerprint density at radius 2 is 1.70 bits per heavy atom. The number of aliphatic hydroxyl groups excluding tert-OH is 1. The number of rotatable bonds is 6. The molecule has 2 atom stereocenters. The van der Waals surface area contributed by atoms with E-state index >= 15 is 0 Å². The second kappa shape index (κ2) is 9.15.